The number of anilines is 1. The van der Waals surface area contributed by atoms with Crippen molar-refractivity contribution in [1.29, 1.82) is 0 Å². The van der Waals surface area contributed by atoms with Crippen LogP contribution in [0.4, 0.5) is 10.1 Å². The van der Waals surface area contributed by atoms with Gasteiger partial charge in [-0.15, -0.1) is 0 Å². The van der Waals surface area contributed by atoms with Crippen molar-refractivity contribution in [3.63, 3.8) is 0 Å². The summed E-state index contributed by atoms with van der Waals surface area (Å²) in [6.45, 7) is -0.238. The quantitative estimate of drug-likeness (QED) is 0.444. The van der Waals surface area contributed by atoms with Crippen molar-refractivity contribution in [2.24, 2.45) is 0 Å². The lowest BCUT2D eigenvalue weighted by atomic mass is 10.2. The summed E-state index contributed by atoms with van der Waals surface area (Å²) in [4.78, 5) is 14.8. The lowest BCUT2D eigenvalue weighted by Gasteiger charge is -2.25. The van der Waals surface area contributed by atoms with Crippen LogP contribution in [0.3, 0.4) is 0 Å². The molecule has 5 nitrogen and oxygen atoms in total. The molecule has 4 rings (SSSR count). The van der Waals surface area contributed by atoms with Crippen molar-refractivity contribution in [2.75, 3.05) is 18.0 Å². The van der Waals surface area contributed by atoms with Crippen molar-refractivity contribution < 1.29 is 17.6 Å². The first-order valence-electron chi connectivity index (χ1n) is 9.83. The van der Waals surface area contributed by atoms with Crippen LogP contribution in [0.5, 0.6) is 0 Å². The molecule has 0 spiro atoms. The Morgan fingerprint density at radius 3 is 2.53 bits per heavy atom. The van der Waals surface area contributed by atoms with Gasteiger partial charge in [-0.1, -0.05) is 45.7 Å². The fourth-order valence-corrected chi connectivity index (χ4v) is 5.57. The van der Waals surface area contributed by atoms with Gasteiger partial charge < -0.3 is 4.90 Å². The molecule has 0 saturated carbocycles. The maximum atomic E-state index is 14.3. The molecule has 1 heterocycles. The lowest BCUT2D eigenvalue weighted by Crippen LogP contribution is -2.42. The Hall–Kier alpha value is -2.26. The molecule has 9 heteroatoms. The van der Waals surface area contributed by atoms with Gasteiger partial charge in [0.1, 0.15) is 5.82 Å². The molecule has 32 heavy (non-hydrogen) atoms. The third kappa shape index (κ3) is 4.73. The topological polar surface area (TPSA) is 57.7 Å². The molecule has 0 N–H and O–H groups in total. The fourth-order valence-electron chi connectivity index (χ4n) is 3.66. The molecule has 1 amide bonds. The molecule has 0 atom stereocenters. The number of fused-ring (bicyclic) bond motifs is 1. The van der Waals surface area contributed by atoms with E-state index in [1.165, 1.54) is 42.5 Å². The lowest BCUT2D eigenvalue weighted by molar-refractivity contribution is -0.118. The van der Waals surface area contributed by atoms with Crippen LogP contribution >= 0.6 is 27.5 Å². The number of halogens is 3. The standard InChI is InChI=1S/C23H19BrClFN2O3S/c24-18-5-10-22-16(13-18)11-12-28(22)23(29)15-27(14-17-3-1-2-4-21(17)26)32(30,31)20-8-6-19(25)7-9-20/h1-10,13H,11-12,14-15H2. The van der Waals surface area contributed by atoms with E-state index in [0.717, 1.165) is 20.0 Å². The van der Waals surface area contributed by atoms with Gasteiger partial charge in [0.25, 0.3) is 0 Å². The van der Waals surface area contributed by atoms with Crippen LogP contribution in [0.25, 0.3) is 0 Å². The molecule has 1 aliphatic rings. The largest absolute Gasteiger partial charge is 0.311 e. The van der Waals surface area contributed by atoms with Gasteiger partial charge in [0.2, 0.25) is 15.9 Å². The summed E-state index contributed by atoms with van der Waals surface area (Å²) in [6, 6.07) is 17.2. The maximum Gasteiger partial charge on any atom is 0.243 e. The highest BCUT2D eigenvalue weighted by molar-refractivity contribution is 9.10. The van der Waals surface area contributed by atoms with Gasteiger partial charge in [-0.3, -0.25) is 4.79 Å². The van der Waals surface area contributed by atoms with Gasteiger partial charge in [0.05, 0.1) is 11.4 Å². The summed E-state index contributed by atoms with van der Waals surface area (Å²) in [6.07, 6.45) is 0.678. The van der Waals surface area contributed by atoms with Gasteiger partial charge in [0.15, 0.2) is 0 Å². The zero-order valence-electron chi connectivity index (χ0n) is 16.8. The average Bonchev–Trinajstić information content (AvgIpc) is 3.18. The number of amides is 1. The number of hydrogen-bond acceptors (Lipinski definition) is 3. The van der Waals surface area contributed by atoms with Crippen LogP contribution in [-0.4, -0.2) is 31.7 Å². The van der Waals surface area contributed by atoms with Gasteiger partial charge in [-0.2, -0.15) is 4.31 Å². The van der Waals surface area contributed by atoms with E-state index in [0.29, 0.717) is 18.0 Å². The molecule has 1 aliphatic heterocycles. The highest BCUT2D eigenvalue weighted by Crippen LogP contribution is 2.31. The van der Waals surface area contributed by atoms with E-state index in [-0.39, 0.29) is 22.9 Å². The van der Waals surface area contributed by atoms with Crippen LogP contribution in [-0.2, 0) is 27.8 Å². The Balaban J connectivity index is 1.66. The smallest absolute Gasteiger partial charge is 0.243 e. The van der Waals surface area contributed by atoms with E-state index in [1.807, 2.05) is 18.2 Å². The normalized spacial score (nSPS) is 13.4. The van der Waals surface area contributed by atoms with Gasteiger partial charge in [0, 0.05) is 33.8 Å². The number of sulfonamides is 1. The molecule has 0 saturated heterocycles. The second-order valence-corrected chi connectivity index (χ2v) is 10.7. The monoisotopic (exact) mass is 536 g/mol. The average molecular weight is 538 g/mol. The molecule has 3 aromatic rings. The molecular weight excluding hydrogens is 519 g/mol. The van der Waals surface area contributed by atoms with Crippen molar-refractivity contribution in [2.45, 2.75) is 17.9 Å². The second-order valence-electron chi connectivity index (χ2n) is 7.39. The molecular formula is C23H19BrClFN2O3S. The number of nitrogens with zero attached hydrogens (tertiary/aromatic N) is 2. The first-order valence-corrected chi connectivity index (χ1v) is 12.4. The van der Waals surface area contributed by atoms with E-state index >= 15 is 0 Å². The van der Waals surface area contributed by atoms with Crippen LogP contribution in [0.1, 0.15) is 11.1 Å². The number of rotatable bonds is 6. The molecule has 0 bridgehead atoms. The molecule has 0 fully saturated rings. The maximum absolute atomic E-state index is 14.3. The summed E-state index contributed by atoms with van der Waals surface area (Å²) >= 11 is 9.33. The summed E-state index contributed by atoms with van der Waals surface area (Å²) < 4.78 is 43.0. The van der Waals surface area contributed by atoms with E-state index in [2.05, 4.69) is 15.9 Å². The summed E-state index contributed by atoms with van der Waals surface area (Å²) in [5.41, 5.74) is 1.95. The number of hydrogen-bond donors (Lipinski definition) is 0. The molecule has 166 valence electrons. The first kappa shape index (κ1) is 22.9. The number of carbonyl (C=O) groups excluding carboxylic acids is 1. The predicted molar refractivity (Wildman–Crippen MR) is 126 cm³/mol. The SMILES string of the molecule is O=C(CN(Cc1ccccc1F)S(=O)(=O)c1ccc(Cl)cc1)N1CCc2cc(Br)ccc21. The molecule has 0 radical (unpaired) electrons. The third-order valence-corrected chi connectivity index (χ3v) is 7.86. The van der Waals surface area contributed by atoms with E-state index in [1.54, 1.807) is 11.0 Å². The van der Waals surface area contributed by atoms with Crippen molar-refractivity contribution >= 4 is 49.1 Å². The Bertz CT molecular complexity index is 1270. The minimum Gasteiger partial charge on any atom is -0.311 e. The van der Waals surface area contributed by atoms with Crippen LogP contribution in [0.2, 0.25) is 5.02 Å². The zero-order valence-corrected chi connectivity index (χ0v) is 20.0. The van der Waals surface area contributed by atoms with Crippen LogP contribution < -0.4 is 4.90 Å². The minimum atomic E-state index is -4.09. The molecule has 0 aliphatic carbocycles. The highest BCUT2D eigenvalue weighted by Gasteiger charge is 2.32. The summed E-state index contributed by atoms with van der Waals surface area (Å²) in [7, 11) is -4.09. The summed E-state index contributed by atoms with van der Waals surface area (Å²) in [5, 5.41) is 0.389. The van der Waals surface area contributed by atoms with Crippen LogP contribution in [0, 0.1) is 5.82 Å². The van der Waals surface area contributed by atoms with Crippen molar-refractivity contribution in [3.05, 3.63) is 93.2 Å². The third-order valence-electron chi connectivity index (χ3n) is 5.31. The Morgan fingerprint density at radius 1 is 1.09 bits per heavy atom. The Morgan fingerprint density at radius 2 is 1.81 bits per heavy atom. The zero-order chi connectivity index (χ0) is 22.9. The van der Waals surface area contributed by atoms with Gasteiger partial charge in [-0.25, -0.2) is 12.8 Å². The van der Waals surface area contributed by atoms with E-state index in [9.17, 15) is 17.6 Å². The Kier molecular flexibility index (Phi) is 6.67. The van der Waals surface area contributed by atoms with Gasteiger partial charge >= 0.3 is 0 Å². The molecule has 3 aromatic carbocycles. The number of benzene rings is 3. The van der Waals surface area contributed by atoms with Gasteiger partial charge in [-0.05, 0) is 60.5 Å². The molecule has 0 aromatic heterocycles. The first-order chi connectivity index (χ1) is 15.3. The fraction of sp³-hybridized carbons (Fsp3) is 0.174. The van der Waals surface area contributed by atoms with Crippen molar-refractivity contribution in [1.82, 2.24) is 4.31 Å². The second kappa shape index (κ2) is 9.31. The van der Waals surface area contributed by atoms with E-state index < -0.39 is 22.4 Å². The van der Waals surface area contributed by atoms with Crippen LogP contribution in [0.15, 0.2) is 76.1 Å². The summed E-state index contributed by atoms with van der Waals surface area (Å²) in [5.74, 6) is -0.910. The predicted octanol–water partition coefficient (Wildman–Crippen LogP) is 5.02. The molecule has 0 unspecified atom stereocenters. The highest BCUT2D eigenvalue weighted by atomic mass is 79.9. The van der Waals surface area contributed by atoms with E-state index in [4.69, 9.17) is 11.6 Å². The Labute approximate surface area is 199 Å². The minimum absolute atomic E-state index is 0.0169. The van der Waals surface area contributed by atoms with Crippen molar-refractivity contribution in [3.8, 4) is 0 Å². The number of carbonyl (C=O) groups is 1.